The van der Waals surface area contributed by atoms with Crippen LogP contribution in [-0.4, -0.2) is 25.4 Å². The van der Waals surface area contributed by atoms with Crippen LogP contribution in [-0.2, 0) is 11.3 Å². The Balaban J connectivity index is 1.94. The van der Waals surface area contributed by atoms with E-state index in [1.807, 2.05) is 12.1 Å². The topological polar surface area (TPSA) is 30.5 Å². The molecule has 0 saturated carbocycles. The summed E-state index contributed by atoms with van der Waals surface area (Å²) in [7, 11) is 0. The molecule has 1 aliphatic heterocycles. The van der Waals surface area contributed by atoms with Crippen molar-refractivity contribution in [3.63, 3.8) is 0 Å². The van der Waals surface area contributed by atoms with Crippen molar-refractivity contribution in [1.29, 1.82) is 0 Å². The minimum absolute atomic E-state index is 0.230. The summed E-state index contributed by atoms with van der Waals surface area (Å²) < 4.78 is 12.8. The zero-order valence-electron chi connectivity index (χ0n) is 12.3. The van der Waals surface area contributed by atoms with Gasteiger partial charge in [0.05, 0.1) is 16.7 Å². The third-order valence-corrected chi connectivity index (χ3v) is 4.15. The van der Waals surface area contributed by atoms with E-state index in [-0.39, 0.29) is 6.10 Å². The third-order valence-electron chi connectivity index (χ3n) is 3.52. The van der Waals surface area contributed by atoms with E-state index in [4.69, 9.17) is 9.47 Å². The molecule has 1 aromatic carbocycles. The van der Waals surface area contributed by atoms with Gasteiger partial charge in [-0.2, -0.15) is 0 Å². The summed E-state index contributed by atoms with van der Waals surface area (Å²) in [5.41, 5.74) is 1.19. The Hall–Kier alpha value is -0.580. The summed E-state index contributed by atoms with van der Waals surface area (Å²) in [5.74, 6) is 0.944. The second-order valence-corrected chi connectivity index (χ2v) is 6.22. The molecule has 3 nitrogen and oxygen atoms in total. The number of para-hydroxylation sites is 1. The first-order chi connectivity index (χ1) is 9.70. The van der Waals surface area contributed by atoms with E-state index < -0.39 is 0 Å². The van der Waals surface area contributed by atoms with Gasteiger partial charge >= 0.3 is 0 Å². The molecule has 1 aliphatic rings. The van der Waals surface area contributed by atoms with Crippen LogP contribution in [0.5, 0.6) is 5.75 Å². The molecule has 0 amide bonds. The van der Waals surface area contributed by atoms with Crippen LogP contribution >= 0.6 is 15.9 Å². The van der Waals surface area contributed by atoms with Crippen LogP contribution in [0, 0.1) is 0 Å². The standard InChI is InChI=1S/C16H24BrNO2/c1-3-9-18-10-13-5-4-6-15(17)16(13)19-11-14-8-7-12(2)20-14/h4-6,12,14,18H,3,7-11H2,1-2H3. The highest BCUT2D eigenvalue weighted by molar-refractivity contribution is 9.10. The normalized spacial score (nSPS) is 22.1. The van der Waals surface area contributed by atoms with E-state index in [9.17, 15) is 0 Å². The number of halogens is 1. The summed E-state index contributed by atoms with van der Waals surface area (Å²) in [6.07, 6.45) is 3.96. The molecular weight excluding hydrogens is 318 g/mol. The second-order valence-electron chi connectivity index (χ2n) is 5.36. The third kappa shape index (κ3) is 4.47. The predicted octanol–water partition coefficient (Wildman–Crippen LogP) is 3.90. The maximum atomic E-state index is 6.02. The molecule has 20 heavy (non-hydrogen) atoms. The Labute approximate surface area is 130 Å². The van der Waals surface area contributed by atoms with E-state index >= 15 is 0 Å². The van der Waals surface area contributed by atoms with Crippen LogP contribution in [0.1, 0.15) is 38.7 Å². The summed E-state index contributed by atoms with van der Waals surface area (Å²) in [6, 6.07) is 6.19. The smallest absolute Gasteiger partial charge is 0.138 e. The van der Waals surface area contributed by atoms with Gasteiger partial charge in [-0.3, -0.25) is 0 Å². The van der Waals surface area contributed by atoms with Crippen LogP contribution in [0.2, 0.25) is 0 Å². The first-order valence-corrected chi connectivity index (χ1v) is 8.26. The largest absolute Gasteiger partial charge is 0.489 e. The van der Waals surface area contributed by atoms with Crippen molar-refractivity contribution < 1.29 is 9.47 Å². The monoisotopic (exact) mass is 341 g/mol. The quantitative estimate of drug-likeness (QED) is 0.763. The summed E-state index contributed by atoms with van der Waals surface area (Å²) >= 11 is 3.58. The molecule has 1 fully saturated rings. The van der Waals surface area contributed by atoms with Gasteiger partial charge in [-0.05, 0) is 54.7 Å². The zero-order chi connectivity index (χ0) is 14.4. The lowest BCUT2D eigenvalue weighted by atomic mass is 10.2. The van der Waals surface area contributed by atoms with E-state index in [0.717, 1.165) is 42.6 Å². The average molecular weight is 342 g/mol. The molecule has 0 bridgehead atoms. The van der Waals surface area contributed by atoms with Crippen molar-refractivity contribution in [2.45, 2.75) is 51.9 Å². The average Bonchev–Trinajstić information content (AvgIpc) is 2.84. The van der Waals surface area contributed by atoms with Gasteiger partial charge in [-0.25, -0.2) is 0 Å². The fraction of sp³-hybridized carbons (Fsp3) is 0.625. The molecular formula is C16H24BrNO2. The van der Waals surface area contributed by atoms with Crippen LogP contribution in [0.15, 0.2) is 22.7 Å². The first kappa shape index (κ1) is 15.8. The molecule has 112 valence electrons. The van der Waals surface area contributed by atoms with Crippen molar-refractivity contribution in [3.8, 4) is 5.75 Å². The van der Waals surface area contributed by atoms with Crippen LogP contribution in [0.3, 0.4) is 0 Å². The van der Waals surface area contributed by atoms with Crippen molar-refractivity contribution in [3.05, 3.63) is 28.2 Å². The van der Waals surface area contributed by atoms with Gasteiger partial charge in [0.25, 0.3) is 0 Å². The highest BCUT2D eigenvalue weighted by Gasteiger charge is 2.22. The van der Waals surface area contributed by atoms with Gasteiger partial charge < -0.3 is 14.8 Å². The fourth-order valence-corrected chi connectivity index (χ4v) is 2.96. The molecule has 2 unspecified atom stereocenters. The molecule has 2 atom stereocenters. The van der Waals surface area contributed by atoms with Crippen molar-refractivity contribution >= 4 is 15.9 Å². The molecule has 0 radical (unpaired) electrons. The Morgan fingerprint density at radius 1 is 1.40 bits per heavy atom. The molecule has 0 aliphatic carbocycles. The summed E-state index contributed by atoms with van der Waals surface area (Å²) in [6.45, 7) is 6.79. The number of benzene rings is 1. The van der Waals surface area contributed by atoms with Gasteiger partial charge in [0.1, 0.15) is 12.4 Å². The summed E-state index contributed by atoms with van der Waals surface area (Å²) in [5, 5.41) is 3.42. The first-order valence-electron chi connectivity index (χ1n) is 7.47. The minimum atomic E-state index is 0.230. The van der Waals surface area contributed by atoms with E-state index in [0.29, 0.717) is 12.7 Å². The van der Waals surface area contributed by atoms with Crippen LogP contribution in [0.25, 0.3) is 0 Å². The molecule has 4 heteroatoms. The maximum Gasteiger partial charge on any atom is 0.138 e. The maximum absolute atomic E-state index is 6.02. The molecule has 1 heterocycles. The highest BCUT2D eigenvalue weighted by atomic mass is 79.9. The second kappa shape index (κ2) is 8.01. The van der Waals surface area contributed by atoms with E-state index in [2.05, 4.69) is 41.2 Å². The number of ether oxygens (including phenoxy) is 2. The van der Waals surface area contributed by atoms with Gasteiger partial charge in [0.15, 0.2) is 0 Å². The highest BCUT2D eigenvalue weighted by Crippen LogP contribution is 2.30. The van der Waals surface area contributed by atoms with Crippen LogP contribution < -0.4 is 10.1 Å². The Morgan fingerprint density at radius 2 is 2.25 bits per heavy atom. The molecule has 2 rings (SSSR count). The Morgan fingerprint density at radius 3 is 2.95 bits per heavy atom. The molecule has 0 aromatic heterocycles. The number of hydrogen-bond acceptors (Lipinski definition) is 3. The Bertz CT molecular complexity index is 425. The Kier molecular flexibility index (Phi) is 6.33. The minimum Gasteiger partial charge on any atom is -0.489 e. The van der Waals surface area contributed by atoms with Gasteiger partial charge in [-0.1, -0.05) is 19.1 Å². The van der Waals surface area contributed by atoms with Gasteiger partial charge in [-0.15, -0.1) is 0 Å². The van der Waals surface area contributed by atoms with Gasteiger partial charge in [0.2, 0.25) is 0 Å². The lowest BCUT2D eigenvalue weighted by Gasteiger charge is -2.17. The number of nitrogens with one attached hydrogen (secondary N) is 1. The summed E-state index contributed by atoms with van der Waals surface area (Å²) in [4.78, 5) is 0. The SMILES string of the molecule is CCCNCc1cccc(Br)c1OCC1CCC(C)O1. The van der Waals surface area contributed by atoms with Crippen molar-refractivity contribution in [2.75, 3.05) is 13.2 Å². The van der Waals surface area contributed by atoms with E-state index in [1.54, 1.807) is 0 Å². The molecule has 1 saturated heterocycles. The van der Waals surface area contributed by atoms with Gasteiger partial charge in [0, 0.05) is 12.1 Å². The van der Waals surface area contributed by atoms with E-state index in [1.165, 1.54) is 5.56 Å². The lowest BCUT2D eigenvalue weighted by molar-refractivity contribution is 0.0260. The lowest BCUT2D eigenvalue weighted by Crippen LogP contribution is -2.20. The predicted molar refractivity (Wildman–Crippen MR) is 85.2 cm³/mol. The fourth-order valence-electron chi connectivity index (χ4n) is 2.44. The molecule has 1 N–H and O–H groups in total. The molecule has 0 spiro atoms. The zero-order valence-corrected chi connectivity index (χ0v) is 13.9. The molecule has 1 aromatic rings. The number of hydrogen-bond donors (Lipinski definition) is 1. The number of rotatable bonds is 7. The van der Waals surface area contributed by atoms with Crippen molar-refractivity contribution in [2.24, 2.45) is 0 Å². The van der Waals surface area contributed by atoms with Crippen molar-refractivity contribution in [1.82, 2.24) is 5.32 Å². The van der Waals surface area contributed by atoms with Crippen LogP contribution in [0.4, 0.5) is 0 Å².